The average molecular weight is 219 g/mol. The number of rotatable bonds is 3. The quantitative estimate of drug-likeness (QED) is 0.848. The standard InChI is InChI=1S/C14H21NO/c1-2-16-12-7-5-6-11(10-12)13-8-3-4-9-14(13)15/h5-7,10,13-14H,2-4,8-9,15H2,1H3. The lowest BCUT2D eigenvalue weighted by Crippen LogP contribution is -2.31. The molecular weight excluding hydrogens is 198 g/mol. The van der Waals surface area contributed by atoms with Crippen LogP contribution in [0.25, 0.3) is 0 Å². The molecule has 0 heterocycles. The molecule has 2 heteroatoms. The van der Waals surface area contributed by atoms with Crippen molar-refractivity contribution in [2.75, 3.05) is 6.61 Å². The third-order valence-corrected chi connectivity index (χ3v) is 3.42. The molecule has 0 aliphatic heterocycles. The van der Waals surface area contributed by atoms with Gasteiger partial charge in [-0.2, -0.15) is 0 Å². The molecule has 2 unspecified atom stereocenters. The summed E-state index contributed by atoms with van der Waals surface area (Å²) < 4.78 is 5.53. The predicted molar refractivity (Wildman–Crippen MR) is 66.8 cm³/mol. The number of nitrogens with two attached hydrogens (primary N) is 1. The molecule has 1 saturated carbocycles. The lowest BCUT2D eigenvalue weighted by molar-refractivity contribution is 0.337. The highest BCUT2D eigenvalue weighted by atomic mass is 16.5. The fraction of sp³-hybridized carbons (Fsp3) is 0.571. The zero-order valence-electron chi connectivity index (χ0n) is 9.99. The first-order valence-electron chi connectivity index (χ1n) is 6.29. The third kappa shape index (κ3) is 2.56. The molecule has 88 valence electrons. The Labute approximate surface area is 97.8 Å². The van der Waals surface area contributed by atoms with Crippen molar-refractivity contribution in [1.29, 1.82) is 0 Å². The van der Waals surface area contributed by atoms with Crippen LogP contribution in [0.2, 0.25) is 0 Å². The van der Waals surface area contributed by atoms with E-state index in [1.807, 2.05) is 13.0 Å². The lowest BCUT2D eigenvalue weighted by Gasteiger charge is -2.29. The summed E-state index contributed by atoms with van der Waals surface area (Å²) in [4.78, 5) is 0. The SMILES string of the molecule is CCOc1cccc(C2CCCCC2N)c1. The fourth-order valence-corrected chi connectivity index (χ4v) is 2.58. The van der Waals surface area contributed by atoms with Gasteiger partial charge in [-0.1, -0.05) is 25.0 Å². The highest BCUT2D eigenvalue weighted by molar-refractivity contribution is 5.32. The van der Waals surface area contributed by atoms with Crippen LogP contribution >= 0.6 is 0 Å². The van der Waals surface area contributed by atoms with Crippen molar-refractivity contribution in [1.82, 2.24) is 0 Å². The van der Waals surface area contributed by atoms with Gasteiger partial charge < -0.3 is 10.5 Å². The molecule has 2 nitrogen and oxygen atoms in total. The molecule has 1 aliphatic carbocycles. The summed E-state index contributed by atoms with van der Waals surface area (Å²) in [7, 11) is 0. The maximum Gasteiger partial charge on any atom is 0.119 e. The minimum atomic E-state index is 0.325. The Morgan fingerprint density at radius 2 is 2.12 bits per heavy atom. The maximum atomic E-state index is 6.19. The van der Waals surface area contributed by atoms with Crippen molar-refractivity contribution in [2.45, 2.75) is 44.6 Å². The van der Waals surface area contributed by atoms with Crippen molar-refractivity contribution in [3.63, 3.8) is 0 Å². The first kappa shape index (κ1) is 11.5. The predicted octanol–water partition coefficient (Wildman–Crippen LogP) is 3.07. The van der Waals surface area contributed by atoms with Crippen LogP contribution in [0.3, 0.4) is 0 Å². The molecule has 0 spiro atoms. The van der Waals surface area contributed by atoms with Gasteiger partial charge in [0.2, 0.25) is 0 Å². The van der Waals surface area contributed by atoms with Crippen molar-refractivity contribution >= 4 is 0 Å². The molecule has 0 bridgehead atoms. The average Bonchev–Trinajstić information content (AvgIpc) is 2.30. The number of hydrogen-bond acceptors (Lipinski definition) is 2. The second kappa shape index (κ2) is 5.35. The molecule has 2 atom stereocenters. The second-order valence-corrected chi connectivity index (χ2v) is 4.56. The van der Waals surface area contributed by atoms with Crippen LogP contribution in [-0.4, -0.2) is 12.6 Å². The van der Waals surface area contributed by atoms with Gasteiger partial charge >= 0.3 is 0 Å². The van der Waals surface area contributed by atoms with Gasteiger partial charge in [-0.05, 0) is 43.4 Å². The van der Waals surface area contributed by atoms with Gasteiger partial charge in [0.05, 0.1) is 6.61 Å². The van der Waals surface area contributed by atoms with E-state index in [2.05, 4.69) is 18.2 Å². The summed E-state index contributed by atoms with van der Waals surface area (Å²) in [5.41, 5.74) is 7.54. The van der Waals surface area contributed by atoms with Crippen molar-refractivity contribution < 1.29 is 4.74 Å². The largest absolute Gasteiger partial charge is 0.494 e. The van der Waals surface area contributed by atoms with Gasteiger partial charge in [-0.3, -0.25) is 0 Å². The molecule has 0 aromatic heterocycles. The van der Waals surface area contributed by atoms with E-state index in [1.54, 1.807) is 0 Å². The Morgan fingerprint density at radius 1 is 1.31 bits per heavy atom. The second-order valence-electron chi connectivity index (χ2n) is 4.56. The highest BCUT2D eigenvalue weighted by Gasteiger charge is 2.23. The first-order valence-corrected chi connectivity index (χ1v) is 6.29. The van der Waals surface area contributed by atoms with Crippen LogP contribution in [0.5, 0.6) is 5.75 Å². The van der Waals surface area contributed by atoms with E-state index in [4.69, 9.17) is 10.5 Å². The smallest absolute Gasteiger partial charge is 0.119 e. The van der Waals surface area contributed by atoms with Crippen LogP contribution in [0.4, 0.5) is 0 Å². The van der Waals surface area contributed by atoms with Crippen molar-refractivity contribution in [3.05, 3.63) is 29.8 Å². The molecule has 2 rings (SSSR count). The zero-order chi connectivity index (χ0) is 11.4. The minimum Gasteiger partial charge on any atom is -0.494 e. The van der Waals surface area contributed by atoms with Crippen LogP contribution in [0.1, 0.15) is 44.1 Å². The van der Waals surface area contributed by atoms with Gasteiger partial charge in [0.25, 0.3) is 0 Å². The summed E-state index contributed by atoms with van der Waals surface area (Å²) >= 11 is 0. The van der Waals surface area contributed by atoms with E-state index in [-0.39, 0.29) is 0 Å². The summed E-state index contributed by atoms with van der Waals surface area (Å²) in [6.07, 6.45) is 4.96. The van der Waals surface area contributed by atoms with E-state index in [1.165, 1.54) is 24.8 Å². The number of ether oxygens (including phenoxy) is 1. The fourth-order valence-electron chi connectivity index (χ4n) is 2.58. The van der Waals surface area contributed by atoms with Gasteiger partial charge in [-0.25, -0.2) is 0 Å². The van der Waals surface area contributed by atoms with E-state index in [0.29, 0.717) is 12.0 Å². The summed E-state index contributed by atoms with van der Waals surface area (Å²) in [6.45, 7) is 2.74. The first-order chi connectivity index (χ1) is 7.81. The lowest BCUT2D eigenvalue weighted by atomic mass is 9.80. The van der Waals surface area contributed by atoms with Crippen molar-refractivity contribution in [3.8, 4) is 5.75 Å². The van der Waals surface area contributed by atoms with E-state index < -0.39 is 0 Å². The molecule has 16 heavy (non-hydrogen) atoms. The Balaban J connectivity index is 2.15. The molecule has 0 saturated heterocycles. The van der Waals surface area contributed by atoms with Gasteiger partial charge in [0.1, 0.15) is 5.75 Å². The molecule has 1 fully saturated rings. The molecule has 0 amide bonds. The van der Waals surface area contributed by atoms with Gasteiger partial charge in [0.15, 0.2) is 0 Å². The summed E-state index contributed by atoms with van der Waals surface area (Å²) in [5, 5.41) is 0. The Hall–Kier alpha value is -1.02. The Morgan fingerprint density at radius 3 is 2.88 bits per heavy atom. The molecular formula is C14H21NO. The van der Waals surface area contributed by atoms with Crippen LogP contribution in [-0.2, 0) is 0 Å². The monoisotopic (exact) mass is 219 g/mol. The molecule has 1 aromatic carbocycles. The van der Waals surface area contributed by atoms with Crippen LogP contribution in [0, 0.1) is 0 Å². The normalized spacial score (nSPS) is 25.4. The molecule has 2 N–H and O–H groups in total. The van der Waals surface area contributed by atoms with Gasteiger partial charge in [-0.15, -0.1) is 0 Å². The number of hydrogen-bond donors (Lipinski definition) is 1. The van der Waals surface area contributed by atoms with Crippen LogP contribution < -0.4 is 10.5 Å². The van der Waals surface area contributed by atoms with Gasteiger partial charge in [0, 0.05) is 6.04 Å². The zero-order valence-corrected chi connectivity index (χ0v) is 9.99. The topological polar surface area (TPSA) is 35.2 Å². The Bertz CT molecular complexity index is 337. The van der Waals surface area contributed by atoms with E-state index in [0.717, 1.165) is 18.8 Å². The van der Waals surface area contributed by atoms with Crippen LogP contribution in [0.15, 0.2) is 24.3 Å². The molecule has 1 aliphatic rings. The minimum absolute atomic E-state index is 0.325. The molecule has 0 radical (unpaired) electrons. The summed E-state index contributed by atoms with van der Waals surface area (Å²) in [6, 6.07) is 8.74. The number of benzene rings is 1. The third-order valence-electron chi connectivity index (χ3n) is 3.42. The summed E-state index contributed by atoms with van der Waals surface area (Å²) in [5.74, 6) is 1.49. The van der Waals surface area contributed by atoms with Crippen molar-refractivity contribution in [2.24, 2.45) is 5.73 Å². The Kier molecular flexibility index (Phi) is 3.83. The van der Waals surface area contributed by atoms with E-state index >= 15 is 0 Å². The highest BCUT2D eigenvalue weighted by Crippen LogP contribution is 2.33. The molecule has 1 aromatic rings. The van der Waals surface area contributed by atoms with E-state index in [9.17, 15) is 0 Å². The maximum absolute atomic E-state index is 6.19.